The average Bonchev–Trinajstić information content (AvgIpc) is 2.97. The highest BCUT2D eigenvalue weighted by Crippen LogP contribution is 2.15. The standard InChI is InChI=1S/C18H26N4.HI/c1-3-4-7-12-20-18(19-2)21-13-8-14-22-15-11-16-9-5-6-10-17(16)22;/h3-6,9-11,15H,7-8,12-14H2,1-2H3,(H2,19,20,21);1H/b4-3+;. The number of hydrogen-bond acceptors (Lipinski definition) is 1. The average molecular weight is 426 g/mol. The van der Waals surface area contributed by atoms with Crippen molar-refractivity contribution in [3.63, 3.8) is 0 Å². The van der Waals surface area contributed by atoms with E-state index in [-0.39, 0.29) is 24.0 Å². The molecule has 0 aliphatic carbocycles. The van der Waals surface area contributed by atoms with Gasteiger partial charge in [0.1, 0.15) is 0 Å². The third-order valence-corrected chi connectivity index (χ3v) is 3.61. The normalized spacial score (nSPS) is 11.7. The Balaban J connectivity index is 0.00000264. The minimum atomic E-state index is 0. The summed E-state index contributed by atoms with van der Waals surface area (Å²) in [6, 6.07) is 10.7. The Bertz CT molecular complexity index is 631. The molecule has 0 saturated heterocycles. The molecule has 0 amide bonds. The van der Waals surface area contributed by atoms with Gasteiger partial charge >= 0.3 is 0 Å². The lowest BCUT2D eigenvalue weighted by atomic mass is 10.2. The lowest BCUT2D eigenvalue weighted by Crippen LogP contribution is -2.38. The maximum atomic E-state index is 4.23. The monoisotopic (exact) mass is 426 g/mol. The van der Waals surface area contributed by atoms with E-state index >= 15 is 0 Å². The van der Waals surface area contributed by atoms with E-state index in [2.05, 4.69) is 68.9 Å². The Labute approximate surface area is 156 Å². The minimum absolute atomic E-state index is 0. The molecule has 0 radical (unpaired) electrons. The number of guanidine groups is 1. The van der Waals surface area contributed by atoms with Crippen LogP contribution in [0.1, 0.15) is 19.8 Å². The predicted octanol–water partition coefficient (Wildman–Crippen LogP) is 3.78. The summed E-state index contributed by atoms with van der Waals surface area (Å²) in [5.74, 6) is 0.877. The highest BCUT2D eigenvalue weighted by Gasteiger charge is 2.00. The van der Waals surface area contributed by atoms with Crippen molar-refractivity contribution in [2.75, 3.05) is 20.1 Å². The second-order valence-electron chi connectivity index (χ2n) is 5.20. The van der Waals surface area contributed by atoms with E-state index in [4.69, 9.17) is 0 Å². The summed E-state index contributed by atoms with van der Waals surface area (Å²) in [7, 11) is 1.81. The van der Waals surface area contributed by atoms with Gasteiger partial charge in [-0.25, -0.2) is 0 Å². The third-order valence-electron chi connectivity index (χ3n) is 3.61. The van der Waals surface area contributed by atoms with Crippen molar-refractivity contribution in [2.45, 2.75) is 26.3 Å². The van der Waals surface area contributed by atoms with Gasteiger partial charge in [0.2, 0.25) is 0 Å². The topological polar surface area (TPSA) is 41.4 Å². The number of aliphatic imine (C=N–C) groups is 1. The maximum absolute atomic E-state index is 4.23. The summed E-state index contributed by atoms with van der Waals surface area (Å²) in [4.78, 5) is 4.23. The Morgan fingerprint density at radius 2 is 1.96 bits per heavy atom. The number of allylic oxidation sites excluding steroid dienone is 1. The van der Waals surface area contributed by atoms with Gasteiger partial charge in [-0.1, -0.05) is 30.4 Å². The highest BCUT2D eigenvalue weighted by atomic mass is 127. The smallest absolute Gasteiger partial charge is 0.190 e. The SMILES string of the molecule is C/C=C/CCNC(=NC)NCCCn1ccc2ccccc21.I. The second kappa shape index (κ2) is 11.1. The number of nitrogens with one attached hydrogen (secondary N) is 2. The van der Waals surface area contributed by atoms with Crippen LogP contribution < -0.4 is 10.6 Å². The van der Waals surface area contributed by atoms with Crippen molar-refractivity contribution < 1.29 is 0 Å². The first kappa shape index (κ1) is 19.5. The van der Waals surface area contributed by atoms with Crippen LogP contribution >= 0.6 is 24.0 Å². The molecule has 0 aliphatic heterocycles. The van der Waals surface area contributed by atoms with E-state index in [0.29, 0.717) is 0 Å². The highest BCUT2D eigenvalue weighted by molar-refractivity contribution is 14.0. The number of nitrogens with zero attached hydrogens (tertiary/aromatic N) is 2. The lowest BCUT2D eigenvalue weighted by Gasteiger charge is -2.11. The third kappa shape index (κ3) is 6.25. The molecule has 1 aromatic carbocycles. The van der Waals surface area contributed by atoms with Gasteiger partial charge in [0, 0.05) is 38.4 Å². The molecule has 0 unspecified atom stereocenters. The molecule has 23 heavy (non-hydrogen) atoms. The summed E-state index contributed by atoms with van der Waals surface area (Å²) in [6.07, 6.45) is 8.46. The second-order valence-corrected chi connectivity index (χ2v) is 5.20. The zero-order chi connectivity index (χ0) is 15.6. The number of para-hydroxylation sites is 1. The molecule has 0 bridgehead atoms. The molecule has 1 heterocycles. The van der Waals surface area contributed by atoms with Crippen molar-refractivity contribution in [1.29, 1.82) is 0 Å². The molecule has 2 rings (SSSR count). The molecule has 0 fully saturated rings. The van der Waals surface area contributed by atoms with Gasteiger partial charge in [0.15, 0.2) is 5.96 Å². The molecule has 0 atom stereocenters. The molecule has 2 aromatic rings. The first-order valence-electron chi connectivity index (χ1n) is 7.94. The van der Waals surface area contributed by atoms with Crippen LogP contribution in [0.25, 0.3) is 10.9 Å². The number of halogens is 1. The van der Waals surface area contributed by atoms with Crippen LogP contribution in [0.15, 0.2) is 53.7 Å². The zero-order valence-electron chi connectivity index (χ0n) is 14.0. The summed E-state index contributed by atoms with van der Waals surface area (Å²) in [5, 5.41) is 7.97. The van der Waals surface area contributed by atoms with E-state index in [9.17, 15) is 0 Å². The summed E-state index contributed by atoms with van der Waals surface area (Å²) < 4.78 is 2.30. The Kier molecular flexibility index (Phi) is 9.43. The molecular weight excluding hydrogens is 399 g/mol. The minimum Gasteiger partial charge on any atom is -0.356 e. The Morgan fingerprint density at radius 1 is 1.17 bits per heavy atom. The number of aromatic nitrogens is 1. The fourth-order valence-electron chi connectivity index (χ4n) is 2.45. The fourth-order valence-corrected chi connectivity index (χ4v) is 2.45. The predicted molar refractivity (Wildman–Crippen MR) is 111 cm³/mol. The van der Waals surface area contributed by atoms with Gasteiger partial charge in [0.05, 0.1) is 0 Å². The zero-order valence-corrected chi connectivity index (χ0v) is 16.3. The number of rotatable bonds is 7. The van der Waals surface area contributed by atoms with Gasteiger partial charge in [-0.05, 0) is 37.3 Å². The van der Waals surface area contributed by atoms with E-state index in [1.807, 2.05) is 14.0 Å². The van der Waals surface area contributed by atoms with Gasteiger partial charge in [-0.15, -0.1) is 24.0 Å². The van der Waals surface area contributed by atoms with E-state index in [1.54, 1.807) is 0 Å². The number of benzene rings is 1. The molecular formula is C18H27IN4. The Hall–Kier alpha value is -1.50. The van der Waals surface area contributed by atoms with Crippen LogP contribution in [0.4, 0.5) is 0 Å². The van der Waals surface area contributed by atoms with Crippen LogP contribution in [-0.2, 0) is 6.54 Å². The van der Waals surface area contributed by atoms with Gasteiger partial charge < -0.3 is 15.2 Å². The molecule has 126 valence electrons. The number of hydrogen-bond donors (Lipinski definition) is 2. The van der Waals surface area contributed by atoms with Crippen LogP contribution in [0.2, 0.25) is 0 Å². The van der Waals surface area contributed by atoms with Crippen LogP contribution in [-0.4, -0.2) is 30.7 Å². The van der Waals surface area contributed by atoms with Crippen molar-refractivity contribution >= 4 is 40.8 Å². The molecule has 1 aromatic heterocycles. The van der Waals surface area contributed by atoms with Crippen molar-refractivity contribution in [3.8, 4) is 0 Å². The van der Waals surface area contributed by atoms with Gasteiger partial charge in [-0.3, -0.25) is 4.99 Å². The van der Waals surface area contributed by atoms with E-state index in [1.165, 1.54) is 10.9 Å². The quantitative estimate of drug-likeness (QED) is 0.233. The fraction of sp³-hybridized carbons (Fsp3) is 0.389. The Morgan fingerprint density at radius 3 is 2.74 bits per heavy atom. The first-order chi connectivity index (χ1) is 10.8. The van der Waals surface area contributed by atoms with Gasteiger partial charge in [0.25, 0.3) is 0 Å². The first-order valence-corrected chi connectivity index (χ1v) is 7.94. The van der Waals surface area contributed by atoms with Crippen molar-refractivity contribution in [1.82, 2.24) is 15.2 Å². The molecule has 0 aliphatic rings. The van der Waals surface area contributed by atoms with E-state index in [0.717, 1.165) is 38.4 Å². The van der Waals surface area contributed by atoms with Gasteiger partial charge in [-0.2, -0.15) is 0 Å². The molecule has 0 spiro atoms. The van der Waals surface area contributed by atoms with Crippen molar-refractivity contribution in [3.05, 3.63) is 48.7 Å². The van der Waals surface area contributed by atoms with E-state index < -0.39 is 0 Å². The molecule has 5 heteroatoms. The largest absolute Gasteiger partial charge is 0.356 e. The molecule has 4 nitrogen and oxygen atoms in total. The number of fused-ring (bicyclic) bond motifs is 1. The molecule has 2 N–H and O–H groups in total. The lowest BCUT2D eigenvalue weighted by molar-refractivity contribution is 0.641. The van der Waals surface area contributed by atoms with Crippen molar-refractivity contribution in [2.24, 2.45) is 4.99 Å². The van der Waals surface area contributed by atoms with Crippen LogP contribution in [0.5, 0.6) is 0 Å². The molecule has 0 saturated carbocycles. The maximum Gasteiger partial charge on any atom is 0.190 e. The summed E-state index contributed by atoms with van der Waals surface area (Å²) >= 11 is 0. The summed E-state index contributed by atoms with van der Waals surface area (Å²) in [6.45, 7) is 4.87. The van der Waals surface area contributed by atoms with Crippen LogP contribution in [0, 0.1) is 0 Å². The van der Waals surface area contributed by atoms with Crippen LogP contribution in [0.3, 0.4) is 0 Å². The number of aryl methyl sites for hydroxylation is 1. The summed E-state index contributed by atoms with van der Waals surface area (Å²) in [5.41, 5.74) is 1.30.